The number of nitrogens with one attached hydrogen (secondary N) is 1. The third-order valence-corrected chi connectivity index (χ3v) is 4.85. The third kappa shape index (κ3) is 4.03. The molecule has 0 bridgehead atoms. The first-order valence-corrected chi connectivity index (χ1v) is 7.91. The van der Waals surface area contributed by atoms with Crippen LogP contribution < -0.4 is 5.32 Å². The van der Waals surface area contributed by atoms with E-state index < -0.39 is 0 Å². The number of hydrogen-bond acceptors (Lipinski definition) is 3. The number of carbonyl (C=O) groups excluding carboxylic acids is 1. The molecule has 0 spiro atoms. The van der Waals surface area contributed by atoms with E-state index in [1.807, 2.05) is 24.5 Å². The Morgan fingerprint density at radius 3 is 2.86 bits per heavy atom. The summed E-state index contributed by atoms with van der Waals surface area (Å²) >= 11 is 0. The molecular formula is C17H24N2O2. The highest BCUT2D eigenvalue weighted by atomic mass is 16.5. The van der Waals surface area contributed by atoms with E-state index in [4.69, 9.17) is 4.74 Å². The van der Waals surface area contributed by atoms with Crippen molar-refractivity contribution in [1.29, 1.82) is 0 Å². The van der Waals surface area contributed by atoms with Crippen molar-refractivity contribution in [3.63, 3.8) is 0 Å². The van der Waals surface area contributed by atoms with Crippen LogP contribution >= 0.6 is 0 Å². The SMILES string of the molecule is CC1(CCC(=O)N[C@@H]2COC[C@H]2Cc2ccncc2)CC1. The van der Waals surface area contributed by atoms with Gasteiger partial charge in [-0.25, -0.2) is 0 Å². The van der Waals surface area contributed by atoms with Crippen molar-refractivity contribution in [1.82, 2.24) is 10.3 Å². The number of carbonyl (C=O) groups is 1. The maximum atomic E-state index is 12.1. The van der Waals surface area contributed by atoms with Gasteiger partial charge in [-0.15, -0.1) is 0 Å². The molecular weight excluding hydrogens is 264 g/mol. The second kappa shape index (κ2) is 6.14. The lowest BCUT2D eigenvalue weighted by atomic mass is 9.95. The lowest BCUT2D eigenvalue weighted by molar-refractivity contribution is -0.122. The maximum Gasteiger partial charge on any atom is 0.220 e. The molecule has 2 atom stereocenters. The van der Waals surface area contributed by atoms with Gasteiger partial charge in [-0.2, -0.15) is 0 Å². The normalized spacial score (nSPS) is 26.5. The van der Waals surface area contributed by atoms with Crippen molar-refractivity contribution in [2.75, 3.05) is 13.2 Å². The average molecular weight is 288 g/mol. The van der Waals surface area contributed by atoms with Gasteiger partial charge in [-0.3, -0.25) is 9.78 Å². The van der Waals surface area contributed by atoms with Gasteiger partial charge < -0.3 is 10.1 Å². The highest BCUT2D eigenvalue weighted by molar-refractivity contribution is 5.76. The first-order chi connectivity index (χ1) is 10.1. The molecule has 4 heteroatoms. The molecule has 2 fully saturated rings. The molecule has 1 saturated heterocycles. The molecule has 4 nitrogen and oxygen atoms in total. The minimum absolute atomic E-state index is 0.151. The molecule has 1 saturated carbocycles. The molecule has 1 N–H and O–H groups in total. The summed E-state index contributed by atoms with van der Waals surface area (Å²) < 4.78 is 5.57. The molecule has 0 aromatic carbocycles. The fraction of sp³-hybridized carbons (Fsp3) is 0.647. The van der Waals surface area contributed by atoms with Crippen molar-refractivity contribution in [2.45, 2.75) is 45.1 Å². The Bertz CT molecular complexity index is 485. The summed E-state index contributed by atoms with van der Waals surface area (Å²) in [7, 11) is 0. The molecule has 1 aromatic rings. The summed E-state index contributed by atoms with van der Waals surface area (Å²) in [5, 5.41) is 3.17. The molecule has 0 radical (unpaired) electrons. The Kier molecular flexibility index (Phi) is 4.24. The van der Waals surface area contributed by atoms with Crippen LogP contribution in [0.4, 0.5) is 0 Å². The number of amides is 1. The van der Waals surface area contributed by atoms with Gasteiger partial charge in [0, 0.05) is 24.7 Å². The second-order valence-corrected chi connectivity index (χ2v) is 6.84. The highest BCUT2D eigenvalue weighted by Gasteiger charge is 2.37. The van der Waals surface area contributed by atoms with Crippen molar-refractivity contribution in [2.24, 2.45) is 11.3 Å². The summed E-state index contributed by atoms with van der Waals surface area (Å²) in [6.07, 6.45) is 8.78. The average Bonchev–Trinajstić information content (AvgIpc) is 3.08. The quantitative estimate of drug-likeness (QED) is 0.874. The van der Waals surface area contributed by atoms with E-state index in [2.05, 4.69) is 17.2 Å². The van der Waals surface area contributed by atoms with Gasteiger partial charge in [0.2, 0.25) is 5.91 Å². The molecule has 0 unspecified atom stereocenters. The van der Waals surface area contributed by atoms with Crippen molar-refractivity contribution < 1.29 is 9.53 Å². The van der Waals surface area contributed by atoms with Crippen molar-refractivity contribution >= 4 is 5.91 Å². The smallest absolute Gasteiger partial charge is 0.220 e. The van der Waals surface area contributed by atoms with E-state index >= 15 is 0 Å². The molecule has 1 aliphatic carbocycles. The first-order valence-electron chi connectivity index (χ1n) is 7.91. The predicted octanol–water partition coefficient (Wildman–Crippen LogP) is 2.34. The zero-order valence-corrected chi connectivity index (χ0v) is 12.7. The molecule has 2 heterocycles. The van der Waals surface area contributed by atoms with Crippen LogP contribution in [-0.2, 0) is 16.0 Å². The number of hydrogen-bond donors (Lipinski definition) is 1. The van der Waals surface area contributed by atoms with Gasteiger partial charge in [0.05, 0.1) is 19.3 Å². The molecule has 1 amide bonds. The van der Waals surface area contributed by atoms with E-state index in [1.54, 1.807) is 0 Å². The Labute approximate surface area is 126 Å². The summed E-state index contributed by atoms with van der Waals surface area (Å²) in [5.41, 5.74) is 1.70. The Morgan fingerprint density at radius 2 is 2.14 bits per heavy atom. The van der Waals surface area contributed by atoms with E-state index in [1.165, 1.54) is 18.4 Å². The lowest BCUT2D eigenvalue weighted by Gasteiger charge is -2.19. The monoisotopic (exact) mass is 288 g/mol. The van der Waals surface area contributed by atoms with Gasteiger partial charge in [-0.1, -0.05) is 6.92 Å². The number of ether oxygens (including phenoxy) is 1. The number of nitrogens with zero attached hydrogens (tertiary/aromatic N) is 1. The summed E-state index contributed by atoms with van der Waals surface area (Å²) in [6.45, 7) is 3.63. The Balaban J connectivity index is 1.48. The Hall–Kier alpha value is -1.42. The minimum Gasteiger partial charge on any atom is -0.379 e. The van der Waals surface area contributed by atoms with Crippen LogP contribution in [-0.4, -0.2) is 30.1 Å². The third-order valence-electron chi connectivity index (χ3n) is 4.85. The van der Waals surface area contributed by atoms with Crippen molar-refractivity contribution in [3.8, 4) is 0 Å². The van der Waals surface area contributed by atoms with E-state index in [0.717, 1.165) is 19.4 Å². The van der Waals surface area contributed by atoms with Gasteiger partial charge in [-0.05, 0) is 48.8 Å². The number of rotatable bonds is 6. The molecule has 1 aliphatic heterocycles. The van der Waals surface area contributed by atoms with Gasteiger partial charge >= 0.3 is 0 Å². The van der Waals surface area contributed by atoms with Crippen LogP contribution in [0.5, 0.6) is 0 Å². The molecule has 2 aliphatic rings. The first kappa shape index (κ1) is 14.5. The zero-order chi connectivity index (χ0) is 14.7. The van der Waals surface area contributed by atoms with Gasteiger partial charge in [0.15, 0.2) is 0 Å². The van der Waals surface area contributed by atoms with E-state index in [9.17, 15) is 4.79 Å². The topological polar surface area (TPSA) is 51.2 Å². The van der Waals surface area contributed by atoms with Crippen LogP contribution in [0.25, 0.3) is 0 Å². The van der Waals surface area contributed by atoms with Crippen molar-refractivity contribution in [3.05, 3.63) is 30.1 Å². The standard InChI is InChI=1S/C17H24N2O2/c1-17(6-7-17)5-2-16(20)19-15-12-21-11-14(15)10-13-3-8-18-9-4-13/h3-4,8-9,14-15H,2,5-7,10-12H2,1H3,(H,19,20)/t14-,15-/m1/s1. The largest absolute Gasteiger partial charge is 0.379 e. The molecule has 21 heavy (non-hydrogen) atoms. The van der Waals surface area contributed by atoms with Gasteiger partial charge in [0.1, 0.15) is 0 Å². The molecule has 3 rings (SSSR count). The second-order valence-electron chi connectivity index (χ2n) is 6.84. The molecule has 1 aromatic heterocycles. The van der Waals surface area contributed by atoms with Crippen LogP contribution in [0.3, 0.4) is 0 Å². The highest BCUT2D eigenvalue weighted by Crippen LogP contribution is 2.48. The van der Waals surface area contributed by atoms with E-state index in [0.29, 0.717) is 24.4 Å². The predicted molar refractivity (Wildman–Crippen MR) is 80.8 cm³/mol. The number of aromatic nitrogens is 1. The summed E-state index contributed by atoms with van der Waals surface area (Å²) in [4.78, 5) is 16.1. The molecule has 114 valence electrons. The minimum atomic E-state index is 0.151. The lowest BCUT2D eigenvalue weighted by Crippen LogP contribution is -2.40. The van der Waals surface area contributed by atoms with Gasteiger partial charge in [0.25, 0.3) is 0 Å². The summed E-state index contributed by atoms with van der Waals surface area (Å²) in [6, 6.07) is 4.22. The number of pyridine rings is 1. The zero-order valence-electron chi connectivity index (χ0n) is 12.7. The van der Waals surface area contributed by atoms with Crippen LogP contribution in [0.1, 0.15) is 38.2 Å². The Morgan fingerprint density at radius 1 is 1.38 bits per heavy atom. The fourth-order valence-corrected chi connectivity index (χ4v) is 2.94. The van der Waals surface area contributed by atoms with Crippen LogP contribution in [0, 0.1) is 11.3 Å². The fourth-order valence-electron chi connectivity index (χ4n) is 2.94. The van der Waals surface area contributed by atoms with Crippen LogP contribution in [0.2, 0.25) is 0 Å². The van der Waals surface area contributed by atoms with Crippen LogP contribution in [0.15, 0.2) is 24.5 Å². The summed E-state index contributed by atoms with van der Waals surface area (Å²) in [5.74, 6) is 0.547. The maximum absolute atomic E-state index is 12.1. The van der Waals surface area contributed by atoms with E-state index in [-0.39, 0.29) is 11.9 Å².